The van der Waals surface area contributed by atoms with Crippen LogP contribution in [0.4, 0.5) is 5.69 Å². The molecule has 0 unspecified atom stereocenters. The van der Waals surface area contributed by atoms with Crippen molar-refractivity contribution in [1.82, 2.24) is 0 Å². The Hall–Kier alpha value is -3.73. The highest BCUT2D eigenvalue weighted by Gasteiger charge is 2.09. The largest absolute Gasteiger partial charge is 0.497 e. The molecule has 31 heavy (non-hydrogen) atoms. The van der Waals surface area contributed by atoms with E-state index in [4.69, 9.17) is 18.9 Å². The molecule has 0 aromatic heterocycles. The van der Waals surface area contributed by atoms with E-state index in [1.54, 1.807) is 13.4 Å². The van der Waals surface area contributed by atoms with E-state index in [0.717, 1.165) is 34.1 Å². The Kier molecular flexibility index (Phi) is 7.71. The highest BCUT2D eigenvalue weighted by atomic mass is 16.5. The minimum absolute atomic E-state index is 0.423. The maximum atomic E-state index is 6.13. The molecule has 160 valence electrons. The lowest BCUT2D eigenvalue weighted by molar-refractivity contribution is 0.339. The number of aryl methyl sites for hydroxylation is 1. The van der Waals surface area contributed by atoms with E-state index >= 15 is 0 Å². The van der Waals surface area contributed by atoms with Crippen LogP contribution in [0.3, 0.4) is 0 Å². The van der Waals surface area contributed by atoms with Gasteiger partial charge in [0.25, 0.3) is 0 Å². The Balaban J connectivity index is 1.89. The Morgan fingerprint density at radius 2 is 1.58 bits per heavy atom. The normalized spacial score (nSPS) is 11.7. The molecule has 5 nitrogen and oxygen atoms in total. The van der Waals surface area contributed by atoms with Crippen LogP contribution in [0.15, 0.2) is 89.6 Å². The standard InChI is InChI=1S/C26H27NO4/c1-5-29-24-10-7-11-25(17-24)31-26(27-21-12-14-22(28-4)15-13-21)20(3)18-30-23-9-6-8-19(2)16-23/h6-18H,5H2,1-4H3. The van der Waals surface area contributed by atoms with Crippen molar-refractivity contribution in [3.05, 3.63) is 90.2 Å². The highest BCUT2D eigenvalue weighted by molar-refractivity contribution is 5.96. The monoisotopic (exact) mass is 417 g/mol. The van der Waals surface area contributed by atoms with Crippen molar-refractivity contribution < 1.29 is 18.9 Å². The molecule has 0 spiro atoms. The summed E-state index contributed by atoms with van der Waals surface area (Å²) in [4.78, 5) is 4.68. The van der Waals surface area contributed by atoms with Gasteiger partial charge < -0.3 is 18.9 Å². The molecule has 0 aliphatic heterocycles. The summed E-state index contributed by atoms with van der Waals surface area (Å²) in [6.45, 7) is 6.44. The van der Waals surface area contributed by atoms with E-state index in [2.05, 4.69) is 4.99 Å². The maximum Gasteiger partial charge on any atom is 0.225 e. The van der Waals surface area contributed by atoms with Crippen LogP contribution >= 0.6 is 0 Å². The number of aliphatic imine (C=N–C) groups is 1. The van der Waals surface area contributed by atoms with E-state index < -0.39 is 0 Å². The van der Waals surface area contributed by atoms with E-state index in [9.17, 15) is 0 Å². The number of hydrogen-bond donors (Lipinski definition) is 0. The zero-order valence-corrected chi connectivity index (χ0v) is 18.3. The number of nitrogens with zero attached hydrogens (tertiary/aromatic N) is 1. The smallest absolute Gasteiger partial charge is 0.225 e. The van der Waals surface area contributed by atoms with Crippen molar-refractivity contribution >= 4 is 11.6 Å². The summed E-state index contributed by atoms with van der Waals surface area (Å²) in [7, 11) is 1.63. The van der Waals surface area contributed by atoms with Gasteiger partial charge in [-0.15, -0.1) is 0 Å². The van der Waals surface area contributed by atoms with Crippen molar-refractivity contribution in [3.63, 3.8) is 0 Å². The Morgan fingerprint density at radius 3 is 2.29 bits per heavy atom. The van der Waals surface area contributed by atoms with Gasteiger partial charge in [-0.1, -0.05) is 18.2 Å². The van der Waals surface area contributed by atoms with Gasteiger partial charge in [-0.25, -0.2) is 4.99 Å². The third-order valence-corrected chi connectivity index (χ3v) is 4.33. The summed E-state index contributed by atoms with van der Waals surface area (Å²) in [5.41, 5.74) is 2.60. The van der Waals surface area contributed by atoms with Gasteiger partial charge >= 0.3 is 0 Å². The van der Waals surface area contributed by atoms with E-state index in [1.807, 2.05) is 93.6 Å². The quantitative estimate of drug-likeness (QED) is 0.239. The molecule has 0 atom stereocenters. The van der Waals surface area contributed by atoms with E-state index in [0.29, 0.717) is 18.3 Å². The number of benzene rings is 3. The van der Waals surface area contributed by atoms with Crippen molar-refractivity contribution in [3.8, 4) is 23.0 Å². The van der Waals surface area contributed by atoms with Crippen LogP contribution in [0.2, 0.25) is 0 Å². The second-order valence-electron chi connectivity index (χ2n) is 6.86. The fourth-order valence-corrected chi connectivity index (χ4v) is 2.77. The van der Waals surface area contributed by atoms with Crippen LogP contribution in [-0.2, 0) is 0 Å². The number of hydrogen-bond acceptors (Lipinski definition) is 5. The maximum absolute atomic E-state index is 6.13. The number of ether oxygens (including phenoxy) is 4. The van der Waals surface area contributed by atoms with Gasteiger partial charge in [-0.2, -0.15) is 0 Å². The van der Waals surface area contributed by atoms with Gasteiger partial charge in [0, 0.05) is 11.6 Å². The van der Waals surface area contributed by atoms with Crippen LogP contribution < -0.4 is 18.9 Å². The summed E-state index contributed by atoms with van der Waals surface area (Å²) in [6, 6.07) is 22.8. The van der Waals surface area contributed by atoms with Crippen LogP contribution in [-0.4, -0.2) is 19.6 Å². The van der Waals surface area contributed by atoms with Crippen LogP contribution in [0, 0.1) is 6.92 Å². The van der Waals surface area contributed by atoms with Crippen LogP contribution in [0.1, 0.15) is 19.4 Å². The third kappa shape index (κ3) is 6.64. The summed E-state index contributed by atoms with van der Waals surface area (Å²) < 4.78 is 22.8. The molecule has 0 heterocycles. The van der Waals surface area contributed by atoms with Gasteiger partial charge in [0.1, 0.15) is 23.0 Å². The van der Waals surface area contributed by atoms with Crippen LogP contribution in [0.25, 0.3) is 0 Å². The topological polar surface area (TPSA) is 49.3 Å². The van der Waals surface area contributed by atoms with E-state index in [-0.39, 0.29) is 0 Å². The van der Waals surface area contributed by atoms with Crippen molar-refractivity contribution in [2.24, 2.45) is 4.99 Å². The minimum atomic E-state index is 0.423. The predicted octanol–water partition coefficient (Wildman–Crippen LogP) is 6.49. The summed E-state index contributed by atoms with van der Waals surface area (Å²) in [5, 5.41) is 0. The zero-order chi connectivity index (χ0) is 22.1. The Morgan fingerprint density at radius 1 is 0.871 bits per heavy atom. The first-order valence-corrected chi connectivity index (χ1v) is 10.1. The molecule has 3 rings (SSSR count). The molecule has 0 amide bonds. The molecular weight excluding hydrogens is 390 g/mol. The van der Waals surface area contributed by atoms with Crippen LogP contribution in [0.5, 0.6) is 23.0 Å². The van der Waals surface area contributed by atoms with Crippen molar-refractivity contribution in [1.29, 1.82) is 0 Å². The third-order valence-electron chi connectivity index (χ3n) is 4.33. The minimum Gasteiger partial charge on any atom is -0.497 e. The number of methoxy groups -OCH3 is 1. The molecule has 3 aromatic carbocycles. The molecular formula is C26H27NO4. The average molecular weight is 418 g/mol. The van der Waals surface area contributed by atoms with E-state index in [1.165, 1.54) is 0 Å². The fraction of sp³-hybridized carbons (Fsp3) is 0.192. The first-order chi connectivity index (χ1) is 15.1. The Labute approximate surface area is 183 Å². The first kappa shape index (κ1) is 22.0. The second-order valence-corrected chi connectivity index (χ2v) is 6.86. The Bertz CT molecular complexity index is 1060. The van der Waals surface area contributed by atoms with Crippen molar-refractivity contribution in [2.75, 3.05) is 13.7 Å². The summed E-state index contributed by atoms with van der Waals surface area (Å²) in [5.74, 6) is 3.30. The van der Waals surface area contributed by atoms with Gasteiger partial charge in [0.15, 0.2) is 0 Å². The lowest BCUT2D eigenvalue weighted by Crippen LogP contribution is -2.11. The molecule has 3 aromatic rings. The molecule has 5 heteroatoms. The molecule has 0 saturated carbocycles. The number of rotatable bonds is 8. The molecule has 0 N–H and O–H groups in total. The zero-order valence-electron chi connectivity index (χ0n) is 18.3. The highest BCUT2D eigenvalue weighted by Crippen LogP contribution is 2.24. The second kappa shape index (κ2) is 10.9. The molecule has 0 aliphatic rings. The molecule has 0 saturated heterocycles. The van der Waals surface area contributed by atoms with Crippen molar-refractivity contribution in [2.45, 2.75) is 20.8 Å². The SMILES string of the molecule is CCOc1cccc(OC(=Nc2ccc(OC)cc2)C(C)=COc2cccc(C)c2)c1. The first-order valence-electron chi connectivity index (χ1n) is 10.1. The summed E-state index contributed by atoms with van der Waals surface area (Å²) in [6.07, 6.45) is 1.64. The van der Waals surface area contributed by atoms with Gasteiger partial charge in [-0.05, 0) is 74.9 Å². The predicted molar refractivity (Wildman–Crippen MR) is 124 cm³/mol. The van der Waals surface area contributed by atoms with Gasteiger partial charge in [-0.3, -0.25) is 0 Å². The molecule has 0 fully saturated rings. The molecule has 0 bridgehead atoms. The van der Waals surface area contributed by atoms with Gasteiger partial charge in [0.05, 0.1) is 25.7 Å². The lowest BCUT2D eigenvalue weighted by atomic mass is 10.2. The lowest BCUT2D eigenvalue weighted by Gasteiger charge is -2.12. The van der Waals surface area contributed by atoms with Gasteiger partial charge in [0.2, 0.25) is 5.90 Å². The fourth-order valence-electron chi connectivity index (χ4n) is 2.77. The molecule has 0 aliphatic carbocycles. The average Bonchev–Trinajstić information content (AvgIpc) is 2.78. The summed E-state index contributed by atoms with van der Waals surface area (Å²) >= 11 is 0. The molecule has 0 radical (unpaired) electrons.